The molecule has 0 fully saturated rings. The van der Waals surface area contributed by atoms with E-state index in [-0.39, 0.29) is 0 Å². The van der Waals surface area contributed by atoms with E-state index in [0.29, 0.717) is 0 Å². The van der Waals surface area contributed by atoms with E-state index in [9.17, 15) is 0 Å². The molecule has 2 aromatic carbocycles. The normalized spacial score (nSPS) is 15.3. The Kier molecular flexibility index (Phi) is 5.10. The van der Waals surface area contributed by atoms with Crippen LogP contribution in [-0.2, 0) is 6.42 Å². The molecule has 2 aromatic rings. The van der Waals surface area contributed by atoms with Gasteiger partial charge in [0.1, 0.15) is 5.75 Å². The number of hydrogen-bond donors (Lipinski definition) is 0. The Morgan fingerprint density at radius 1 is 1.13 bits per heavy atom. The number of fused-ring (bicyclic) bond motifs is 1. The fraction of sp³-hybridized carbons (Fsp3) is 0.143. The molecule has 1 unspecified atom stereocenters. The molecule has 0 amide bonds. The molecule has 1 aliphatic heterocycles. The fourth-order valence-corrected chi connectivity index (χ4v) is 5.40. The fourth-order valence-electron chi connectivity index (χ4n) is 2.87. The first-order valence-corrected chi connectivity index (χ1v) is 9.24. The molecule has 0 aromatic heterocycles. The molecule has 1 aliphatic rings. The average Bonchev–Trinajstić information content (AvgIpc) is 3.06. The molecule has 1 nitrogen and oxygen atoms in total. The van der Waals surface area contributed by atoms with Crippen molar-refractivity contribution >= 4 is 18.5 Å². The first-order chi connectivity index (χ1) is 11.3. The first kappa shape index (κ1) is 15.8. The van der Waals surface area contributed by atoms with Crippen LogP contribution in [-0.4, -0.2) is 6.61 Å². The van der Waals surface area contributed by atoms with Crippen LogP contribution >= 0.6 is 7.92 Å². The number of para-hydroxylation sites is 1. The quantitative estimate of drug-likeness (QED) is 0.573. The largest absolute Gasteiger partial charge is 0.492 e. The minimum atomic E-state index is -0.651. The van der Waals surface area contributed by atoms with Crippen molar-refractivity contribution in [3.05, 3.63) is 90.3 Å². The second-order valence-electron chi connectivity index (χ2n) is 5.36. The number of benzene rings is 2. The maximum absolute atomic E-state index is 5.98. The molecule has 0 N–H and O–H groups in total. The second-order valence-corrected chi connectivity index (χ2v) is 7.55. The summed E-state index contributed by atoms with van der Waals surface area (Å²) < 4.78 is 5.98. The maximum atomic E-state index is 5.98. The van der Waals surface area contributed by atoms with Gasteiger partial charge in [0.25, 0.3) is 0 Å². The molecule has 2 heteroatoms. The van der Waals surface area contributed by atoms with Gasteiger partial charge >= 0.3 is 0 Å². The lowest BCUT2D eigenvalue weighted by molar-refractivity contribution is 0.359. The summed E-state index contributed by atoms with van der Waals surface area (Å²) in [7, 11) is -0.651. The van der Waals surface area contributed by atoms with Gasteiger partial charge < -0.3 is 4.74 Å². The van der Waals surface area contributed by atoms with Crippen molar-refractivity contribution in [1.29, 1.82) is 0 Å². The lowest BCUT2D eigenvalue weighted by Gasteiger charge is -2.22. The Morgan fingerprint density at radius 3 is 2.70 bits per heavy atom. The third kappa shape index (κ3) is 3.30. The van der Waals surface area contributed by atoms with Crippen molar-refractivity contribution < 1.29 is 4.74 Å². The molecular formula is C21H21OP. The Labute approximate surface area is 139 Å². The third-order valence-electron chi connectivity index (χ3n) is 3.83. The predicted molar refractivity (Wildman–Crippen MR) is 101 cm³/mol. The van der Waals surface area contributed by atoms with Crippen LogP contribution in [0.5, 0.6) is 5.75 Å². The Bertz CT molecular complexity index is 744. The lowest BCUT2D eigenvalue weighted by atomic mass is 10.2. The zero-order valence-electron chi connectivity index (χ0n) is 13.4. The monoisotopic (exact) mass is 320 g/mol. The van der Waals surface area contributed by atoms with Crippen LogP contribution in [0.25, 0.3) is 0 Å². The van der Waals surface area contributed by atoms with E-state index in [1.54, 1.807) is 0 Å². The van der Waals surface area contributed by atoms with E-state index >= 15 is 0 Å². The molecule has 0 saturated carbocycles. The van der Waals surface area contributed by atoms with Crippen LogP contribution in [0.15, 0.2) is 84.7 Å². The zero-order chi connectivity index (χ0) is 16.1. The van der Waals surface area contributed by atoms with Gasteiger partial charge in [0.15, 0.2) is 0 Å². The molecule has 0 saturated heterocycles. The van der Waals surface area contributed by atoms with Gasteiger partial charge in [-0.3, -0.25) is 0 Å². The molecule has 0 bridgehead atoms. The molecule has 23 heavy (non-hydrogen) atoms. The van der Waals surface area contributed by atoms with Crippen LogP contribution in [0, 0.1) is 0 Å². The number of ether oxygens (including phenoxy) is 1. The van der Waals surface area contributed by atoms with Gasteiger partial charge in [0.2, 0.25) is 0 Å². The van der Waals surface area contributed by atoms with E-state index in [0.717, 1.165) is 18.8 Å². The lowest BCUT2D eigenvalue weighted by Crippen LogP contribution is -2.14. The van der Waals surface area contributed by atoms with E-state index in [1.165, 1.54) is 21.5 Å². The molecule has 0 spiro atoms. The van der Waals surface area contributed by atoms with Crippen LogP contribution in [0.2, 0.25) is 0 Å². The van der Waals surface area contributed by atoms with Gasteiger partial charge in [-0.1, -0.05) is 79.4 Å². The summed E-state index contributed by atoms with van der Waals surface area (Å²) in [6, 6.07) is 17.2. The first-order valence-electron chi connectivity index (χ1n) is 7.90. The topological polar surface area (TPSA) is 9.23 Å². The number of rotatable bonds is 5. The van der Waals surface area contributed by atoms with Crippen LogP contribution in [0.3, 0.4) is 0 Å². The summed E-state index contributed by atoms with van der Waals surface area (Å²) in [5.74, 6) is 1.09. The number of hydrogen-bond acceptors (Lipinski definition) is 1. The molecule has 1 heterocycles. The van der Waals surface area contributed by atoms with Gasteiger partial charge in [-0.25, -0.2) is 0 Å². The van der Waals surface area contributed by atoms with Crippen molar-refractivity contribution in [2.45, 2.75) is 13.3 Å². The van der Waals surface area contributed by atoms with Crippen LogP contribution in [0.4, 0.5) is 0 Å². The molecule has 0 aliphatic carbocycles. The predicted octanol–water partition coefficient (Wildman–Crippen LogP) is 4.70. The minimum Gasteiger partial charge on any atom is -0.492 e. The molecule has 0 radical (unpaired) electrons. The Hall–Kier alpha value is -2.11. The van der Waals surface area contributed by atoms with Crippen molar-refractivity contribution in [1.82, 2.24) is 0 Å². The van der Waals surface area contributed by atoms with Crippen molar-refractivity contribution in [2.75, 3.05) is 6.61 Å². The van der Waals surface area contributed by atoms with Crippen molar-refractivity contribution in [3.63, 3.8) is 0 Å². The van der Waals surface area contributed by atoms with Gasteiger partial charge in [-0.2, -0.15) is 0 Å². The van der Waals surface area contributed by atoms with E-state index in [1.807, 2.05) is 6.08 Å². The summed E-state index contributed by atoms with van der Waals surface area (Å²) in [4.78, 5) is 0. The summed E-state index contributed by atoms with van der Waals surface area (Å²) in [5, 5.41) is 3.91. The SMILES string of the molecule is C=CC=C(C=CC)P(c1ccccc1)c1cccc2c1OCC2. The summed E-state index contributed by atoms with van der Waals surface area (Å²) in [6.07, 6.45) is 9.28. The smallest absolute Gasteiger partial charge is 0.130 e. The van der Waals surface area contributed by atoms with Gasteiger partial charge in [-0.15, -0.1) is 0 Å². The van der Waals surface area contributed by atoms with Gasteiger partial charge in [0.05, 0.1) is 6.61 Å². The highest BCUT2D eigenvalue weighted by Gasteiger charge is 2.24. The zero-order valence-corrected chi connectivity index (χ0v) is 14.3. The van der Waals surface area contributed by atoms with Gasteiger partial charge in [0, 0.05) is 11.7 Å². The van der Waals surface area contributed by atoms with E-state index in [2.05, 4.69) is 80.3 Å². The Morgan fingerprint density at radius 2 is 1.96 bits per heavy atom. The highest BCUT2D eigenvalue weighted by molar-refractivity contribution is 7.77. The third-order valence-corrected chi connectivity index (χ3v) is 6.30. The Balaban J connectivity index is 2.19. The standard InChI is InChI=1S/C21H21OP/c1-3-9-18(10-4-2)23(19-12-6-5-7-13-19)20-14-8-11-17-15-16-22-21(17)20/h3-14H,1,15-16H2,2H3. The summed E-state index contributed by atoms with van der Waals surface area (Å²) in [5.41, 5.74) is 1.32. The summed E-state index contributed by atoms with van der Waals surface area (Å²) in [6.45, 7) is 6.74. The van der Waals surface area contributed by atoms with E-state index in [4.69, 9.17) is 4.74 Å². The van der Waals surface area contributed by atoms with E-state index < -0.39 is 7.92 Å². The van der Waals surface area contributed by atoms with Gasteiger partial charge in [-0.05, 0) is 31.0 Å². The maximum Gasteiger partial charge on any atom is 0.130 e. The number of allylic oxidation sites excluding steroid dienone is 5. The highest BCUT2D eigenvalue weighted by Crippen LogP contribution is 2.47. The molecule has 3 rings (SSSR count). The second kappa shape index (κ2) is 7.44. The summed E-state index contributed by atoms with van der Waals surface area (Å²) >= 11 is 0. The molecule has 1 atom stereocenters. The van der Waals surface area contributed by atoms with Crippen LogP contribution in [0.1, 0.15) is 12.5 Å². The minimum absolute atomic E-state index is 0.651. The average molecular weight is 320 g/mol. The van der Waals surface area contributed by atoms with Crippen molar-refractivity contribution in [2.24, 2.45) is 0 Å². The highest BCUT2D eigenvalue weighted by atomic mass is 31.1. The molecule has 116 valence electrons. The van der Waals surface area contributed by atoms with Crippen LogP contribution < -0.4 is 15.3 Å². The molecular weight excluding hydrogens is 299 g/mol. The van der Waals surface area contributed by atoms with Crippen molar-refractivity contribution in [3.8, 4) is 5.75 Å².